The summed E-state index contributed by atoms with van der Waals surface area (Å²) in [6.07, 6.45) is 1.71. The van der Waals surface area contributed by atoms with Gasteiger partial charge >= 0.3 is 5.97 Å². The van der Waals surface area contributed by atoms with Crippen molar-refractivity contribution >= 4 is 46.3 Å². The van der Waals surface area contributed by atoms with E-state index >= 15 is 0 Å². The van der Waals surface area contributed by atoms with Gasteiger partial charge in [-0.05, 0) is 23.8 Å². The lowest BCUT2D eigenvalue weighted by Gasteiger charge is -2.03. The fraction of sp³-hybridized carbons (Fsp3) is 0.0833. The number of carbonyl (C=O) groups excluding carboxylic acids is 1. The third kappa shape index (κ3) is 3.80. The second-order valence-electron chi connectivity index (χ2n) is 3.60. The molecule has 0 aliphatic carbocycles. The number of ether oxygens (including phenoxy) is 1. The van der Waals surface area contributed by atoms with Gasteiger partial charge in [0.15, 0.2) is 6.61 Å². The third-order valence-electron chi connectivity index (χ3n) is 2.18. The van der Waals surface area contributed by atoms with Crippen LogP contribution in [0.2, 0.25) is 0 Å². The van der Waals surface area contributed by atoms with E-state index < -0.39 is 5.97 Å². The summed E-state index contributed by atoms with van der Waals surface area (Å²) in [6.45, 7) is -0.382. The van der Waals surface area contributed by atoms with Crippen molar-refractivity contribution in [2.75, 3.05) is 6.61 Å². The molecule has 1 aromatic rings. The minimum absolute atomic E-state index is 0.207. The Morgan fingerprint density at radius 1 is 1.42 bits per heavy atom. The molecule has 0 radical (unpaired) electrons. The predicted octanol–water partition coefficient (Wildman–Crippen LogP) is 1.64. The van der Waals surface area contributed by atoms with Crippen molar-refractivity contribution in [2.24, 2.45) is 0 Å². The normalized spacial score (nSPS) is 16.5. The Morgan fingerprint density at radius 2 is 2.11 bits per heavy atom. The molecule has 0 aromatic heterocycles. The lowest BCUT2D eigenvalue weighted by molar-refractivity contribution is -0.139. The molecule has 5 nitrogen and oxygen atoms in total. The molecule has 1 aromatic carbocycles. The SMILES string of the molecule is O=C(O)COc1ccc(/C=C2\SC(=S)NC2=O)cc1. The quantitative estimate of drug-likeness (QED) is 0.649. The van der Waals surface area contributed by atoms with Crippen molar-refractivity contribution in [3.63, 3.8) is 0 Å². The molecule has 7 heteroatoms. The highest BCUT2D eigenvalue weighted by Crippen LogP contribution is 2.26. The molecule has 1 aliphatic heterocycles. The average Bonchev–Trinajstić information content (AvgIpc) is 2.67. The van der Waals surface area contributed by atoms with Gasteiger partial charge in [-0.3, -0.25) is 4.79 Å². The van der Waals surface area contributed by atoms with E-state index in [2.05, 4.69) is 5.32 Å². The number of thioether (sulfide) groups is 1. The van der Waals surface area contributed by atoms with E-state index in [0.717, 1.165) is 5.56 Å². The highest BCUT2D eigenvalue weighted by atomic mass is 32.2. The van der Waals surface area contributed by atoms with Gasteiger partial charge in [-0.25, -0.2) is 4.79 Å². The number of rotatable bonds is 4. The first-order valence-electron chi connectivity index (χ1n) is 5.24. The number of carboxylic acid groups (broad SMARTS) is 1. The zero-order chi connectivity index (χ0) is 13.8. The zero-order valence-corrected chi connectivity index (χ0v) is 11.2. The number of hydrogen-bond acceptors (Lipinski definition) is 5. The standard InChI is InChI=1S/C12H9NO4S2/c14-10(15)6-17-8-3-1-7(2-4-8)5-9-11(16)13-12(18)19-9/h1-5H,6H2,(H,14,15)(H,13,16,18)/b9-5-. The molecule has 1 fully saturated rings. The van der Waals surface area contributed by atoms with Crippen LogP contribution in [0.5, 0.6) is 5.75 Å². The molecule has 0 bridgehead atoms. The van der Waals surface area contributed by atoms with Gasteiger partial charge in [0, 0.05) is 0 Å². The fourth-order valence-corrected chi connectivity index (χ4v) is 2.42. The molecule has 1 saturated heterocycles. The molecular formula is C12H9NO4S2. The van der Waals surface area contributed by atoms with Crippen LogP contribution in [-0.4, -0.2) is 27.9 Å². The molecule has 1 amide bonds. The van der Waals surface area contributed by atoms with Crippen molar-refractivity contribution in [1.29, 1.82) is 0 Å². The molecule has 0 unspecified atom stereocenters. The smallest absolute Gasteiger partial charge is 0.341 e. The molecular weight excluding hydrogens is 286 g/mol. The first-order valence-corrected chi connectivity index (χ1v) is 6.46. The van der Waals surface area contributed by atoms with Gasteiger partial charge in [0.25, 0.3) is 5.91 Å². The Bertz CT molecular complexity index is 566. The number of benzene rings is 1. The summed E-state index contributed by atoms with van der Waals surface area (Å²) in [6, 6.07) is 6.76. The Morgan fingerprint density at radius 3 is 2.63 bits per heavy atom. The maximum absolute atomic E-state index is 11.5. The Balaban J connectivity index is 2.06. The number of nitrogens with one attached hydrogen (secondary N) is 1. The maximum Gasteiger partial charge on any atom is 0.341 e. The van der Waals surface area contributed by atoms with Crippen LogP contribution in [0.15, 0.2) is 29.2 Å². The Hall–Kier alpha value is -1.86. The molecule has 0 spiro atoms. The van der Waals surface area contributed by atoms with Crippen molar-refractivity contribution in [3.8, 4) is 5.75 Å². The highest BCUT2D eigenvalue weighted by Gasteiger charge is 2.21. The van der Waals surface area contributed by atoms with Crippen LogP contribution >= 0.6 is 24.0 Å². The monoisotopic (exact) mass is 295 g/mol. The summed E-state index contributed by atoms with van der Waals surface area (Å²) in [5.41, 5.74) is 0.810. The van der Waals surface area contributed by atoms with Gasteiger partial charge in [0.1, 0.15) is 10.1 Å². The predicted molar refractivity (Wildman–Crippen MR) is 75.9 cm³/mol. The highest BCUT2D eigenvalue weighted by molar-refractivity contribution is 8.26. The minimum atomic E-state index is -1.03. The first kappa shape index (κ1) is 13.6. The van der Waals surface area contributed by atoms with Gasteiger partial charge < -0.3 is 15.2 Å². The van der Waals surface area contributed by atoms with E-state index in [1.54, 1.807) is 30.3 Å². The molecule has 1 heterocycles. The minimum Gasteiger partial charge on any atom is -0.482 e. The summed E-state index contributed by atoms with van der Waals surface area (Å²) < 4.78 is 5.45. The zero-order valence-electron chi connectivity index (χ0n) is 9.58. The van der Waals surface area contributed by atoms with Gasteiger partial charge in [-0.2, -0.15) is 0 Å². The first-order chi connectivity index (χ1) is 9.04. The molecule has 1 aliphatic rings. The molecule has 19 heavy (non-hydrogen) atoms. The van der Waals surface area contributed by atoms with Crippen molar-refractivity contribution in [1.82, 2.24) is 5.32 Å². The van der Waals surface area contributed by atoms with Gasteiger partial charge in [-0.1, -0.05) is 36.1 Å². The van der Waals surface area contributed by atoms with Crippen molar-refractivity contribution in [2.45, 2.75) is 0 Å². The molecule has 98 valence electrons. The van der Waals surface area contributed by atoms with E-state index in [1.165, 1.54) is 11.8 Å². The number of aliphatic carboxylic acids is 1. The second kappa shape index (κ2) is 5.85. The molecule has 0 saturated carbocycles. The van der Waals surface area contributed by atoms with Crippen molar-refractivity contribution in [3.05, 3.63) is 34.7 Å². The van der Waals surface area contributed by atoms with Crippen LogP contribution in [0.1, 0.15) is 5.56 Å². The van der Waals surface area contributed by atoms with Gasteiger partial charge in [0.2, 0.25) is 0 Å². The van der Waals surface area contributed by atoms with E-state index in [4.69, 9.17) is 22.1 Å². The van der Waals surface area contributed by atoms with E-state index in [-0.39, 0.29) is 12.5 Å². The number of carbonyl (C=O) groups is 2. The summed E-state index contributed by atoms with van der Waals surface area (Å²) in [5, 5.41) is 11.0. The van der Waals surface area contributed by atoms with E-state index in [1.807, 2.05) is 0 Å². The number of amides is 1. The summed E-state index contributed by atoms with van der Waals surface area (Å²) in [5.74, 6) is -0.775. The lowest BCUT2D eigenvalue weighted by Crippen LogP contribution is -2.17. The van der Waals surface area contributed by atoms with Crippen LogP contribution in [0.25, 0.3) is 6.08 Å². The van der Waals surface area contributed by atoms with Crippen molar-refractivity contribution < 1.29 is 19.4 Å². The fourth-order valence-electron chi connectivity index (χ4n) is 1.38. The Labute approximate surface area is 118 Å². The van der Waals surface area contributed by atoms with E-state index in [9.17, 15) is 9.59 Å². The summed E-state index contributed by atoms with van der Waals surface area (Å²) in [4.78, 5) is 22.3. The average molecular weight is 295 g/mol. The number of carboxylic acids is 1. The van der Waals surface area contributed by atoms with E-state index in [0.29, 0.717) is 15.0 Å². The second-order valence-corrected chi connectivity index (χ2v) is 5.32. The Kier molecular flexibility index (Phi) is 4.18. The van der Waals surface area contributed by atoms with Crippen LogP contribution in [0.4, 0.5) is 0 Å². The van der Waals surface area contributed by atoms with Crippen LogP contribution in [-0.2, 0) is 9.59 Å². The molecule has 2 N–H and O–H groups in total. The largest absolute Gasteiger partial charge is 0.482 e. The van der Waals surface area contributed by atoms with Gasteiger partial charge in [-0.15, -0.1) is 0 Å². The molecule has 0 atom stereocenters. The third-order valence-corrected chi connectivity index (χ3v) is 3.34. The maximum atomic E-state index is 11.5. The number of thiocarbonyl (C=S) groups is 1. The van der Waals surface area contributed by atoms with Crippen LogP contribution < -0.4 is 10.1 Å². The summed E-state index contributed by atoms with van der Waals surface area (Å²) in [7, 11) is 0. The topological polar surface area (TPSA) is 75.6 Å². The van der Waals surface area contributed by atoms with Crippen LogP contribution in [0, 0.1) is 0 Å². The molecule has 2 rings (SSSR count). The summed E-state index contributed by atoms with van der Waals surface area (Å²) >= 11 is 6.09. The van der Waals surface area contributed by atoms with Crippen LogP contribution in [0.3, 0.4) is 0 Å². The number of hydrogen-bond donors (Lipinski definition) is 2. The lowest BCUT2D eigenvalue weighted by atomic mass is 10.2. The van der Waals surface area contributed by atoms with Gasteiger partial charge in [0.05, 0.1) is 4.91 Å².